The molecule has 2 aromatic rings. The van der Waals surface area contributed by atoms with E-state index in [9.17, 15) is 10.1 Å². The van der Waals surface area contributed by atoms with Crippen LogP contribution in [-0.4, -0.2) is 25.5 Å². The molecule has 0 aliphatic carbocycles. The molecular weight excluding hydrogens is 334 g/mol. The molecule has 2 aromatic heterocycles. The number of hydrogen-bond donors (Lipinski definition) is 2. The monoisotopic (exact) mass is 355 g/mol. The molecule has 0 radical (unpaired) electrons. The van der Waals surface area contributed by atoms with Crippen molar-refractivity contribution in [1.82, 2.24) is 19.5 Å². The fourth-order valence-corrected chi connectivity index (χ4v) is 2.56. The molecule has 0 aromatic carbocycles. The summed E-state index contributed by atoms with van der Waals surface area (Å²) in [4.78, 5) is 23.5. The number of hydrogen-bond acceptors (Lipinski definition) is 8. The van der Waals surface area contributed by atoms with E-state index in [-0.39, 0.29) is 29.9 Å². The van der Waals surface area contributed by atoms with Gasteiger partial charge in [0.2, 0.25) is 11.9 Å². The molecule has 0 aliphatic heterocycles. The van der Waals surface area contributed by atoms with E-state index in [1.165, 1.54) is 6.08 Å². The van der Waals surface area contributed by atoms with Gasteiger partial charge in [-0.15, -0.1) is 0 Å². The van der Waals surface area contributed by atoms with Crippen molar-refractivity contribution in [2.45, 2.75) is 40.3 Å². The van der Waals surface area contributed by atoms with Gasteiger partial charge in [-0.25, -0.2) is 4.79 Å². The third-order valence-corrected chi connectivity index (χ3v) is 3.75. The molecule has 9 nitrogen and oxygen atoms in total. The Morgan fingerprint density at radius 1 is 1.31 bits per heavy atom. The standard InChI is InChI=1S/C17H21N7O2/c1-4-5-24-10(2)6-12(11(24)3)7-13(8-18)15(25)26-9-14-21-16(19)23-17(20)22-14/h6-7H,4-5,9H2,1-3H3,(H4,19,20,21,22,23)/b13-7-. The molecule has 0 saturated heterocycles. The second-order valence-corrected chi connectivity index (χ2v) is 5.69. The highest BCUT2D eigenvalue weighted by Gasteiger charge is 2.15. The Morgan fingerprint density at radius 3 is 2.54 bits per heavy atom. The first-order chi connectivity index (χ1) is 12.3. The van der Waals surface area contributed by atoms with Crippen LogP contribution in [0.5, 0.6) is 0 Å². The lowest BCUT2D eigenvalue weighted by Crippen LogP contribution is -2.12. The number of anilines is 2. The third-order valence-electron chi connectivity index (χ3n) is 3.75. The van der Waals surface area contributed by atoms with Crippen LogP contribution in [0.15, 0.2) is 11.6 Å². The summed E-state index contributed by atoms with van der Waals surface area (Å²) in [7, 11) is 0. The Balaban J connectivity index is 2.17. The average molecular weight is 355 g/mol. The molecule has 0 unspecified atom stereocenters. The minimum absolute atomic E-state index is 0.0667. The van der Waals surface area contributed by atoms with Crippen molar-refractivity contribution in [3.63, 3.8) is 0 Å². The molecule has 2 heterocycles. The Hall–Kier alpha value is -3.41. The Bertz CT molecular complexity index is 873. The molecule has 0 spiro atoms. The number of nitrogens with zero attached hydrogens (tertiary/aromatic N) is 5. The largest absolute Gasteiger partial charge is 0.453 e. The molecule has 136 valence electrons. The second kappa shape index (κ2) is 8.11. The first kappa shape index (κ1) is 18.9. The number of aryl methyl sites for hydroxylation is 1. The van der Waals surface area contributed by atoms with Crippen LogP contribution in [0.3, 0.4) is 0 Å². The number of carbonyl (C=O) groups is 1. The van der Waals surface area contributed by atoms with E-state index in [0.717, 1.165) is 29.9 Å². The first-order valence-corrected chi connectivity index (χ1v) is 8.07. The van der Waals surface area contributed by atoms with Gasteiger partial charge in [0.05, 0.1) is 0 Å². The second-order valence-electron chi connectivity index (χ2n) is 5.69. The van der Waals surface area contributed by atoms with E-state index in [1.807, 2.05) is 26.0 Å². The Morgan fingerprint density at radius 2 is 1.96 bits per heavy atom. The van der Waals surface area contributed by atoms with Crippen molar-refractivity contribution in [3.05, 3.63) is 34.4 Å². The van der Waals surface area contributed by atoms with Crippen LogP contribution in [0.1, 0.15) is 36.1 Å². The smallest absolute Gasteiger partial charge is 0.349 e. The van der Waals surface area contributed by atoms with Gasteiger partial charge in [-0.3, -0.25) is 0 Å². The Kier molecular flexibility index (Phi) is 5.90. The summed E-state index contributed by atoms with van der Waals surface area (Å²) in [6.07, 6.45) is 2.51. The van der Waals surface area contributed by atoms with E-state index in [0.29, 0.717) is 0 Å². The maximum absolute atomic E-state index is 12.2. The molecule has 0 atom stereocenters. The molecule has 0 bridgehead atoms. The molecule has 9 heteroatoms. The molecule has 0 fully saturated rings. The van der Waals surface area contributed by atoms with Crippen molar-refractivity contribution in [2.24, 2.45) is 0 Å². The fourth-order valence-electron chi connectivity index (χ4n) is 2.56. The van der Waals surface area contributed by atoms with E-state index < -0.39 is 5.97 Å². The summed E-state index contributed by atoms with van der Waals surface area (Å²) < 4.78 is 7.23. The number of rotatable bonds is 6. The maximum atomic E-state index is 12.2. The zero-order chi connectivity index (χ0) is 19.3. The molecular formula is C17H21N7O2. The van der Waals surface area contributed by atoms with Crippen LogP contribution >= 0.6 is 0 Å². The summed E-state index contributed by atoms with van der Waals surface area (Å²) in [6.45, 7) is 6.64. The number of ether oxygens (including phenoxy) is 1. The summed E-state index contributed by atoms with van der Waals surface area (Å²) in [6, 6.07) is 3.81. The number of esters is 1. The van der Waals surface area contributed by atoms with Gasteiger partial charge in [-0.05, 0) is 38.0 Å². The van der Waals surface area contributed by atoms with Crippen molar-refractivity contribution in [2.75, 3.05) is 11.5 Å². The average Bonchev–Trinajstić information content (AvgIpc) is 2.84. The highest BCUT2D eigenvalue weighted by atomic mass is 16.5. The third kappa shape index (κ3) is 4.36. The topological polar surface area (TPSA) is 146 Å². The van der Waals surface area contributed by atoms with Crippen LogP contribution in [-0.2, 0) is 22.7 Å². The summed E-state index contributed by atoms with van der Waals surface area (Å²) in [5, 5.41) is 9.31. The van der Waals surface area contributed by atoms with Crippen LogP contribution in [0, 0.1) is 25.2 Å². The molecule has 0 amide bonds. The van der Waals surface area contributed by atoms with Gasteiger partial charge in [0.25, 0.3) is 0 Å². The van der Waals surface area contributed by atoms with Crippen LogP contribution < -0.4 is 11.5 Å². The predicted molar refractivity (Wildman–Crippen MR) is 96.2 cm³/mol. The summed E-state index contributed by atoms with van der Waals surface area (Å²) in [5.41, 5.74) is 13.7. The number of nitrogens with two attached hydrogens (primary N) is 2. The van der Waals surface area contributed by atoms with Crippen LogP contribution in [0.4, 0.5) is 11.9 Å². The zero-order valence-electron chi connectivity index (χ0n) is 15.0. The van der Waals surface area contributed by atoms with Crippen molar-refractivity contribution >= 4 is 23.9 Å². The van der Waals surface area contributed by atoms with E-state index in [4.69, 9.17) is 16.2 Å². The predicted octanol–water partition coefficient (Wildman–Crippen LogP) is 1.51. The highest BCUT2D eigenvalue weighted by Crippen LogP contribution is 2.19. The van der Waals surface area contributed by atoms with Gasteiger partial charge in [0, 0.05) is 17.9 Å². The highest BCUT2D eigenvalue weighted by molar-refractivity contribution is 5.98. The van der Waals surface area contributed by atoms with Crippen molar-refractivity contribution in [1.29, 1.82) is 5.26 Å². The lowest BCUT2D eigenvalue weighted by molar-refractivity contribution is -0.139. The van der Waals surface area contributed by atoms with Gasteiger partial charge >= 0.3 is 5.97 Å². The van der Waals surface area contributed by atoms with E-state index in [1.54, 1.807) is 0 Å². The van der Waals surface area contributed by atoms with Gasteiger partial charge < -0.3 is 20.8 Å². The minimum Gasteiger partial charge on any atom is -0.453 e. The summed E-state index contributed by atoms with van der Waals surface area (Å²) >= 11 is 0. The fraction of sp³-hybridized carbons (Fsp3) is 0.353. The van der Waals surface area contributed by atoms with E-state index in [2.05, 4.69) is 26.4 Å². The quantitative estimate of drug-likeness (QED) is 0.450. The SMILES string of the molecule is CCCn1c(C)cc(/C=C(/C#N)C(=O)OCc2nc(N)nc(N)n2)c1C. The molecule has 2 rings (SSSR count). The van der Waals surface area contributed by atoms with Crippen LogP contribution in [0.2, 0.25) is 0 Å². The number of nitrogen functional groups attached to an aromatic ring is 2. The zero-order valence-corrected chi connectivity index (χ0v) is 15.0. The molecule has 0 saturated carbocycles. The molecule has 0 aliphatic rings. The number of carbonyl (C=O) groups excluding carboxylic acids is 1. The minimum atomic E-state index is -0.773. The van der Waals surface area contributed by atoms with E-state index >= 15 is 0 Å². The maximum Gasteiger partial charge on any atom is 0.349 e. The first-order valence-electron chi connectivity index (χ1n) is 8.07. The number of aromatic nitrogens is 4. The van der Waals surface area contributed by atoms with Gasteiger partial charge in [-0.1, -0.05) is 6.92 Å². The van der Waals surface area contributed by atoms with Gasteiger partial charge in [0.1, 0.15) is 11.6 Å². The van der Waals surface area contributed by atoms with Crippen molar-refractivity contribution < 1.29 is 9.53 Å². The molecule has 4 N–H and O–H groups in total. The Labute approximate surface area is 151 Å². The lowest BCUT2D eigenvalue weighted by Gasteiger charge is -2.07. The summed E-state index contributed by atoms with van der Waals surface area (Å²) in [5.74, 6) is -0.793. The number of nitriles is 1. The van der Waals surface area contributed by atoms with Gasteiger partial charge in [-0.2, -0.15) is 20.2 Å². The molecule has 26 heavy (non-hydrogen) atoms. The lowest BCUT2D eigenvalue weighted by atomic mass is 10.1. The normalized spacial score (nSPS) is 11.2. The van der Waals surface area contributed by atoms with Crippen molar-refractivity contribution in [3.8, 4) is 6.07 Å². The van der Waals surface area contributed by atoms with Crippen LogP contribution in [0.25, 0.3) is 6.08 Å². The van der Waals surface area contributed by atoms with Gasteiger partial charge in [0.15, 0.2) is 12.4 Å².